The minimum atomic E-state index is 0.129. The van der Waals surface area contributed by atoms with Crippen molar-refractivity contribution in [2.75, 3.05) is 13.1 Å². The monoisotopic (exact) mass is 176 g/mol. The third-order valence-electron chi connectivity index (χ3n) is 1.83. The van der Waals surface area contributed by atoms with E-state index in [9.17, 15) is 0 Å². The van der Waals surface area contributed by atoms with Crippen LogP contribution in [0.15, 0.2) is 12.3 Å². The van der Waals surface area contributed by atoms with Gasteiger partial charge in [-0.1, -0.05) is 0 Å². The summed E-state index contributed by atoms with van der Waals surface area (Å²) in [4.78, 5) is 0. The number of aromatic nitrogens is 2. The van der Waals surface area contributed by atoms with Crippen LogP contribution < -0.4 is 10.1 Å². The van der Waals surface area contributed by atoms with Crippen molar-refractivity contribution in [3.05, 3.63) is 17.8 Å². The third-order valence-corrected chi connectivity index (χ3v) is 1.83. The highest BCUT2D eigenvalue weighted by Gasteiger charge is 2.20. The molecule has 13 heavy (non-hydrogen) atoms. The molecule has 1 N–H and O–H groups in total. The van der Waals surface area contributed by atoms with Gasteiger partial charge in [0.1, 0.15) is 17.7 Å². The Bertz CT molecular complexity index is 342. The molecule has 0 atom stereocenters. The zero-order valence-corrected chi connectivity index (χ0v) is 6.90. The summed E-state index contributed by atoms with van der Waals surface area (Å²) in [6.07, 6.45) is 1.61. The van der Waals surface area contributed by atoms with E-state index in [1.807, 2.05) is 6.07 Å². The lowest BCUT2D eigenvalue weighted by atomic mass is 10.2. The van der Waals surface area contributed by atoms with Crippen LogP contribution in [0.25, 0.3) is 0 Å². The van der Waals surface area contributed by atoms with Crippen LogP contribution in [0.1, 0.15) is 5.56 Å². The second kappa shape index (κ2) is 3.37. The first-order valence-electron chi connectivity index (χ1n) is 3.99. The molecule has 1 saturated heterocycles. The Labute approximate surface area is 75.3 Å². The smallest absolute Gasteiger partial charge is 0.251 e. The van der Waals surface area contributed by atoms with Gasteiger partial charge in [0.2, 0.25) is 0 Å². The average molecular weight is 176 g/mol. The van der Waals surface area contributed by atoms with Gasteiger partial charge in [0.25, 0.3) is 5.88 Å². The number of hydrogen-bond acceptors (Lipinski definition) is 5. The molecule has 0 radical (unpaired) electrons. The molecule has 1 aromatic rings. The second-order valence-corrected chi connectivity index (χ2v) is 2.76. The van der Waals surface area contributed by atoms with Crippen LogP contribution in [-0.2, 0) is 0 Å². The summed E-state index contributed by atoms with van der Waals surface area (Å²) < 4.78 is 5.41. The van der Waals surface area contributed by atoms with Crippen LogP contribution in [0.3, 0.4) is 0 Å². The Kier molecular flexibility index (Phi) is 2.06. The largest absolute Gasteiger partial charge is 0.470 e. The van der Waals surface area contributed by atoms with E-state index >= 15 is 0 Å². The summed E-state index contributed by atoms with van der Waals surface area (Å²) in [5.74, 6) is 0.330. The maximum atomic E-state index is 8.71. The Morgan fingerprint density at radius 1 is 1.62 bits per heavy atom. The van der Waals surface area contributed by atoms with Gasteiger partial charge in [-0.2, -0.15) is 10.4 Å². The van der Waals surface area contributed by atoms with Gasteiger partial charge >= 0.3 is 0 Å². The van der Waals surface area contributed by atoms with E-state index in [4.69, 9.17) is 10.00 Å². The van der Waals surface area contributed by atoms with E-state index in [1.54, 1.807) is 6.07 Å². The molecule has 0 amide bonds. The van der Waals surface area contributed by atoms with E-state index in [0.29, 0.717) is 11.4 Å². The zero-order valence-electron chi connectivity index (χ0n) is 6.90. The van der Waals surface area contributed by atoms with Crippen molar-refractivity contribution in [3.8, 4) is 11.9 Å². The number of hydrogen-bond donors (Lipinski definition) is 1. The minimum Gasteiger partial charge on any atom is -0.470 e. The zero-order chi connectivity index (χ0) is 9.10. The SMILES string of the molecule is N#Cc1ccnnc1OC1CNC1. The van der Waals surface area contributed by atoms with Crippen LogP contribution in [-0.4, -0.2) is 29.4 Å². The number of nitrogens with zero attached hydrogens (tertiary/aromatic N) is 3. The molecule has 1 aromatic heterocycles. The van der Waals surface area contributed by atoms with Crippen LogP contribution >= 0.6 is 0 Å². The number of nitriles is 1. The fourth-order valence-corrected chi connectivity index (χ4v) is 0.994. The molecule has 0 spiro atoms. The molecule has 0 bridgehead atoms. The first-order chi connectivity index (χ1) is 6.40. The van der Waals surface area contributed by atoms with Crippen molar-refractivity contribution in [1.29, 1.82) is 5.26 Å². The molecule has 5 heteroatoms. The molecule has 1 aliphatic rings. The maximum absolute atomic E-state index is 8.71. The Balaban J connectivity index is 2.14. The molecule has 66 valence electrons. The Morgan fingerprint density at radius 2 is 2.46 bits per heavy atom. The fraction of sp³-hybridized carbons (Fsp3) is 0.375. The number of nitrogens with one attached hydrogen (secondary N) is 1. The van der Waals surface area contributed by atoms with Crippen LogP contribution in [0.2, 0.25) is 0 Å². The van der Waals surface area contributed by atoms with Gasteiger partial charge in [-0.05, 0) is 6.07 Å². The van der Waals surface area contributed by atoms with Crippen LogP contribution in [0, 0.1) is 11.3 Å². The quantitative estimate of drug-likeness (QED) is 0.669. The van der Waals surface area contributed by atoms with E-state index in [1.165, 1.54) is 6.20 Å². The minimum absolute atomic E-state index is 0.129. The molecule has 2 rings (SSSR count). The first kappa shape index (κ1) is 7.95. The van der Waals surface area contributed by atoms with Crippen molar-refractivity contribution in [2.24, 2.45) is 0 Å². The lowest BCUT2D eigenvalue weighted by Gasteiger charge is -2.27. The molecule has 0 aliphatic carbocycles. The topological polar surface area (TPSA) is 70.8 Å². The summed E-state index contributed by atoms with van der Waals surface area (Å²) in [5, 5.41) is 19.2. The molecule has 0 saturated carbocycles. The molecular formula is C8H8N4O. The van der Waals surface area contributed by atoms with Gasteiger partial charge in [-0.25, -0.2) is 0 Å². The molecule has 1 fully saturated rings. The lowest BCUT2D eigenvalue weighted by Crippen LogP contribution is -2.50. The van der Waals surface area contributed by atoms with E-state index in [0.717, 1.165) is 13.1 Å². The van der Waals surface area contributed by atoms with Crippen LogP contribution in [0.4, 0.5) is 0 Å². The van der Waals surface area contributed by atoms with E-state index in [-0.39, 0.29) is 6.10 Å². The molecule has 0 aromatic carbocycles. The van der Waals surface area contributed by atoms with Crippen molar-refractivity contribution < 1.29 is 4.74 Å². The van der Waals surface area contributed by atoms with Crippen molar-refractivity contribution in [2.45, 2.75) is 6.10 Å². The van der Waals surface area contributed by atoms with Gasteiger partial charge < -0.3 is 10.1 Å². The maximum Gasteiger partial charge on any atom is 0.251 e. The molecule has 1 aliphatic heterocycles. The first-order valence-corrected chi connectivity index (χ1v) is 3.99. The standard InChI is InChI=1S/C8H8N4O/c9-3-6-1-2-11-12-8(6)13-7-4-10-5-7/h1-2,7,10H,4-5H2. The molecular weight excluding hydrogens is 168 g/mol. The van der Waals surface area contributed by atoms with E-state index < -0.39 is 0 Å². The van der Waals surface area contributed by atoms with Gasteiger partial charge in [0.15, 0.2) is 0 Å². The van der Waals surface area contributed by atoms with Gasteiger partial charge in [-0.15, -0.1) is 5.10 Å². The molecule has 0 unspecified atom stereocenters. The number of rotatable bonds is 2. The predicted molar refractivity (Wildman–Crippen MR) is 44.0 cm³/mol. The molecule has 2 heterocycles. The van der Waals surface area contributed by atoms with Gasteiger partial charge in [0.05, 0.1) is 6.20 Å². The highest BCUT2D eigenvalue weighted by Crippen LogP contribution is 2.14. The average Bonchev–Trinajstić information content (AvgIpc) is 2.12. The summed E-state index contributed by atoms with van der Waals surface area (Å²) in [6.45, 7) is 1.61. The highest BCUT2D eigenvalue weighted by atomic mass is 16.5. The van der Waals surface area contributed by atoms with Crippen LogP contribution in [0.5, 0.6) is 5.88 Å². The number of ether oxygens (including phenoxy) is 1. The highest BCUT2D eigenvalue weighted by molar-refractivity contribution is 5.35. The van der Waals surface area contributed by atoms with Gasteiger partial charge in [-0.3, -0.25) is 0 Å². The van der Waals surface area contributed by atoms with E-state index in [2.05, 4.69) is 15.5 Å². The van der Waals surface area contributed by atoms with Crippen molar-refractivity contribution >= 4 is 0 Å². The predicted octanol–water partition coefficient (Wildman–Crippen LogP) is -0.301. The summed E-state index contributed by atoms with van der Waals surface area (Å²) in [5.41, 5.74) is 0.432. The Morgan fingerprint density at radius 3 is 3.08 bits per heavy atom. The Hall–Kier alpha value is -1.67. The fourth-order valence-electron chi connectivity index (χ4n) is 0.994. The second-order valence-electron chi connectivity index (χ2n) is 2.76. The lowest BCUT2D eigenvalue weighted by molar-refractivity contribution is 0.134. The van der Waals surface area contributed by atoms with Gasteiger partial charge in [0, 0.05) is 13.1 Å². The van der Waals surface area contributed by atoms with Crippen molar-refractivity contribution in [3.63, 3.8) is 0 Å². The normalized spacial score (nSPS) is 15.9. The summed E-state index contributed by atoms with van der Waals surface area (Å²) in [6, 6.07) is 3.59. The summed E-state index contributed by atoms with van der Waals surface area (Å²) >= 11 is 0. The van der Waals surface area contributed by atoms with Crippen molar-refractivity contribution in [1.82, 2.24) is 15.5 Å². The summed E-state index contributed by atoms with van der Waals surface area (Å²) in [7, 11) is 0. The molecule has 5 nitrogen and oxygen atoms in total. The third kappa shape index (κ3) is 1.58.